The minimum Gasteiger partial charge on any atom is -0.493 e. The molecule has 0 radical (unpaired) electrons. The highest BCUT2D eigenvalue weighted by atomic mass is 16.5. The fourth-order valence-electron chi connectivity index (χ4n) is 4.44. The third-order valence-electron chi connectivity index (χ3n) is 6.28. The van der Waals surface area contributed by atoms with Crippen LogP contribution in [0.5, 0.6) is 5.75 Å². The van der Waals surface area contributed by atoms with Gasteiger partial charge in [-0.1, -0.05) is 24.3 Å². The van der Waals surface area contributed by atoms with Crippen molar-refractivity contribution in [1.29, 1.82) is 0 Å². The van der Waals surface area contributed by atoms with Gasteiger partial charge in [-0.2, -0.15) is 0 Å². The Morgan fingerprint density at radius 1 is 0.935 bits per heavy atom. The number of amides is 1. The van der Waals surface area contributed by atoms with Gasteiger partial charge in [0, 0.05) is 38.2 Å². The van der Waals surface area contributed by atoms with Crippen LogP contribution in [0.15, 0.2) is 42.5 Å². The number of benzene rings is 2. The quantitative estimate of drug-likeness (QED) is 0.763. The van der Waals surface area contributed by atoms with Crippen molar-refractivity contribution < 1.29 is 9.53 Å². The van der Waals surface area contributed by atoms with Crippen molar-refractivity contribution in [1.82, 2.24) is 15.1 Å². The average molecular weight is 422 g/mol. The Labute approximate surface area is 186 Å². The molecule has 2 bridgehead atoms. The van der Waals surface area contributed by atoms with E-state index in [4.69, 9.17) is 4.74 Å². The molecule has 2 aliphatic rings. The number of fused-ring (bicyclic) bond motifs is 3. The molecular weight excluding hydrogens is 386 g/mol. The molecule has 0 aromatic heterocycles. The molecule has 1 amide bonds. The van der Waals surface area contributed by atoms with Gasteiger partial charge in [0.2, 0.25) is 0 Å². The zero-order valence-corrected chi connectivity index (χ0v) is 18.7. The number of likely N-dealkylation sites (N-methyl/N-ethyl adjacent to an activating group) is 1. The van der Waals surface area contributed by atoms with E-state index in [-0.39, 0.29) is 5.91 Å². The molecule has 0 saturated carbocycles. The first-order chi connectivity index (χ1) is 15.2. The summed E-state index contributed by atoms with van der Waals surface area (Å²) in [5.74, 6) is 1.04. The van der Waals surface area contributed by atoms with Crippen LogP contribution in [0.1, 0.15) is 52.7 Å². The normalized spacial score (nSPS) is 18.9. The lowest BCUT2D eigenvalue weighted by Crippen LogP contribution is -2.34. The Morgan fingerprint density at radius 2 is 1.84 bits per heavy atom. The summed E-state index contributed by atoms with van der Waals surface area (Å²) in [5.41, 5.74) is 4.42. The van der Waals surface area contributed by atoms with Crippen molar-refractivity contribution in [2.45, 2.75) is 38.6 Å². The highest BCUT2D eigenvalue weighted by Gasteiger charge is 2.20. The van der Waals surface area contributed by atoms with E-state index in [1.807, 2.05) is 17.0 Å². The number of hydrogen-bond acceptors (Lipinski definition) is 4. The number of hydrogen-bond donors (Lipinski definition) is 1. The highest BCUT2D eigenvalue weighted by molar-refractivity contribution is 5.94. The maximum atomic E-state index is 13.2. The Hall–Kier alpha value is -2.37. The van der Waals surface area contributed by atoms with Crippen LogP contribution in [0, 0.1) is 0 Å². The fraction of sp³-hybridized carbons (Fsp3) is 0.500. The molecule has 0 atom stereocenters. The largest absolute Gasteiger partial charge is 0.493 e. The van der Waals surface area contributed by atoms with Crippen LogP contribution in [0.2, 0.25) is 0 Å². The van der Waals surface area contributed by atoms with Gasteiger partial charge in [0.05, 0.1) is 6.61 Å². The molecule has 0 unspecified atom stereocenters. The topological polar surface area (TPSA) is 44.8 Å². The van der Waals surface area contributed by atoms with Crippen molar-refractivity contribution in [2.24, 2.45) is 0 Å². The molecule has 1 N–H and O–H groups in total. The molecule has 166 valence electrons. The SMILES string of the molecule is CN1CCCN(C(=O)c2ccc3c(c2)Cc2cccc(c2)CNCCCCCO3)CC1. The van der Waals surface area contributed by atoms with Crippen LogP contribution in [-0.4, -0.2) is 62.1 Å². The first-order valence-electron chi connectivity index (χ1n) is 11.7. The van der Waals surface area contributed by atoms with Gasteiger partial charge in [-0.25, -0.2) is 0 Å². The lowest BCUT2D eigenvalue weighted by molar-refractivity contribution is 0.0762. The van der Waals surface area contributed by atoms with E-state index in [1.165, 1.54) is 11.1 Å². The van der Waals surface area contributed by atoms with Crippen LogP contribution in [0.3, 0.4) is 0 Å². The number of carbonyl (C=O) groups excluding carboxylic acids is 1. The Kier molecular flexibility index (Phi) is 7.60. The third kappa shape index (κ3) is 6.08. The summed E-state index contributed by atoms with van der Waals surface area (Å²) in [6, 6.07) is 14.7. The van der Waals surface area contributed by atoms with E-state index < -0.39 is 0 Å². The molecule has 0 aliphatic carbocycles. The Bertz CT molecular complexity index is 883. The summed E-state index contributed by atoms with van der Waals surface area (Å²) in [4.78, 5) is 17.5. The van der Waals surface area contributed by atoms with Crippen molar-refractivity contribution >= 4 is 5.91 Å². The van der Waals surface area contributed by atoms with Crippen LogP contribution in [0.4, 0.5) is 0 Å². The Balaban J connectivity index is 1.59. The van der Waals surface area contributed by atoms with E-state index in [0.29, 0.717) is 0 Å². The second-order valence-electron chi connectivity index (χ2n) is 8.85. The van der Waals surface area contributed by atoms with Gasteiger partial charge in [0.25, 0.3) is 5.91 Å². The van der Waals surface area contributed by atoms with Crippen LogP contribution in [0.25, 0.3) is 0 Å². The van der Waals surface area contributed by atoms with Gasteiger partial charge in [-0.3, -0.25) is 4.79 Å². The molecule has 31 heavy (non-hydrogen) atoms. The van der Waals surface area contributed by atoms with Crippen LogP contribution < -0.4 is 10.1 Å². The molecule has 5 nitrogen and oxygen atoms in total. The number of ether oxygens (including phenoxy) is 1. The standard InChI is InChI=1S/C26H35N3O2/c1-28-12-6-13-29(15-14-28)26(30)23-9-10-25-24(19-23)18-21-7-5-8-22(17-21)20-27-11-3-2-4-16-31-25/h5,7-10,17,19,27H,2-4,6,11-16,18,20H2,1H3. The minimum atomic E-state index is 0.135. The third-order valence-corrected chi connectivity index (χ3v) is 6.28. The number of nitrogens with one attached hydrogen (secondary N) is 1. The van der Waals surface area contributed by atoms with Crippen molar-refractivity contribution in [3.05, 3.63) is 64.7 Å². The van der Waals surface area contributed by atoms with Crippen molar-refractivity contribution in [2.75, 3.05) is 46.4 Å². The maximum Gasteiger partial charge on any atom is 0.253 e. The molecule has 2 aromatic rings. The monoisotopic (exact) mass is 421 g/mol. The summed E-state index contributed by atoms with van der Waals surface area (Å²) in [7, 11) is 2.13. The van der Waals surface area contributed by atoms with Gasteiger partial charge in [0.1, 0.15) is 5.75 Å². The lowest BCUT2D eigenvalue weighted by Gasteiger charge is -2.21. The molecule has 2 heterocycles. The van der Waals surface area contributed by atoms with Crippen molar-refractivity contribution in [3.63, 3.8) is 0 Å². The van der Waals surface area contributed by atoms with Gasteiger partial charge in [-0.05, 0) is 80.7 Å². The van der Waals surface area contributed by atoms with Crippen LogP contribution >= 0.6 is 0 Å². The highest BCUT2D eigenvalue weighted by Crippen LogP contribution is 2.25. The first-order valence-corrected chi connectivity index (χ1v) is 11.7. The molecule has 4 rings (SSSR count). The average Bonchev–Trinajstić information content (AvgIpc) is 3.00. The summed E-state index contributed by atoms with van der Waals surface area (Å²) >= 11 is 0. The predicted octanol–water partition coefficient (Wildman–Crippen LogP) is 3.71. The van der Waals surface area contributed by atoms with E-state index in [0.717, 1.165) is 94.9 Å². The number of nitrogens with zero attached hydrogens (tertiary/aromatic N) is 2. The van der Waals surface area contributed by atoms with E-state index in [9.17, 15) is 4.79 Å². The molecule has 0 spiro atoms. The smallest absolute Gasteiger partial charge is 0.253 e. The maximum absolute atomic E-state index is 13.2. The zero-order chi connectivity index (χ0) is 21.5. The molecule has 1 fully saturated rings. The summed E-state index contributed by atoms with van der Waals surface area (Å²) in [6.07, 6.45) is 5.16. The van der Waals surface area contributed by atoms with Gasteiger partial charge < -0.3 is 19.9 Å². The minimum absolute atomic E-state index is 0.135. The van der Waals surface area contributed by atoms with Gasteiger partial charge in [0.15, 0.2) is 0 Å². The molecular formula is C26H35N3O2. The van der Waals surface area contributed by atoms with Crippen molar-refractivity contribution in [3.8, 4) is 5.75 Å². The van der Waals surface area contributed by atoms with Gasteiger partial charge >= 0.3 is 0 Å². The van der Waals surface area contributed by atoms with Crippen LogP contribution in [-0.2, 0) is 13.0 Å². The summed E-state index contributed by atoms with van der Waals surface area (Å²) in [6.45, 7) is 6.26. The predicted molar refractivity (Wildman–Crippen MR) is 125 cm³/mol. The molecule has 1 saturated heterocycles. The van der Waals surface area contributed by atoms with E-state index >= 15 is 0 Å². The van der Waals surface area contributed by atoms with E-state index in [1.54, 1.807) is 0 Å². The summed E-state index contributed by atoms with van der Waals surface area (Å²) in [5, 5.41) is 3.54. The first kappa shape index (κ1) is 21.8. The zero-order valence-electron chi connectivity index (χ0n) is 18.7. The molecule has 2 aromatic carbocycles. The second kappa shape index (κ2) is 10.8. The Morgan fingerprint density at radius 3 is 2.77 bits per heavy atom. The fourth-order valence-corrected chi connectivity index (χ4v) is 4.44. The second-order valence-corrected chi connectivity index (χ2v) is 8.85. The van der Waals surface area contributed by atoms with E-state index in [2.05, 4.69) is 47.6 Å². The van der Waals surface area contributed by atoms with Gasteiger partial charge in [-0.15, -0.1) is 0 Å². The molecule has 5 heteroatoms. The number of rotatable bonds is 1. The number of carbonyl (C=O) groups is 1. The summed E-state index contributed by atoms with van der Waals surface area (Å²) < 4.78 is 6.17. The lowest BCUT2D eigenvalue weighted by atomic mass is 9.99. The molecule has 2 aliphatic heterocycles.